The van der Waals surface area contributed by atoms with Crippen LogP contribution in [0.25, 0.3) is 0 Å². The molecule has 0 spiro atoms. The monoisotopic (exact) mass is 275 g/mol. The van der Waals surface area contributed by atoms with E-state index >= 15 is 0 Å². The van der Waals surface area contributed by atoms with Crippen LogP contribution in [0.5, 0.6) is 5.75 Å². The van der Waals surface area contributed by atoms with Crippen molar-refractivity contribution < 1.29 is 23.0 Å². The number of carbonyl (C=O) groups excluding carboxylic acids is 1. The van der Waals surface area contributed by atoms with Crippen LogP contribution in [0.3, 0.4) is 0 Å². The summed E-state index contributed by atoms with van der Waals surface area (Å²) < 4.78 is 33.3. The fourth-order valence-electron chi connectivity index (χ4n) is 1.25. The lowest BCUT2D eigenvalue weighted by Gasteiger charge is -2.11. The lowest BCUT2D eigenvalue weighted by atomic mass is 10.1. The van der Waals surface area contributed by atoms with Gasteiger partial charge in [-0.1, -0.05) is 11.6 Å². The minimum absolute atomic E-state index is 0.0521. The van der Waals surface area contributed by atoms with Crippen molar-refractivity contribution in [2.45, 2.75) is 13.5 Å². The minimum Gasteiger partial charge on any atom is -0.462 e. The van der Waals surface area contributed by atoms with Gasteiger partial charge in [0.05, 0.1) is 12.2 Å². The molecule has 0 bridgehead atoms. The number of alkyl halides is 2. The fraction of sp³-hybridized carbons (Fsp3) is 0.273. The molecule has 4 nitrogen and oxygen atoms in total. The standard InChI is InChI=1S/C11H8ClF2NO3/c1-2-17-10(16)8-4-7(12)3-6(5-15)9(8)18-11(13)14/h3-4,11H,2H2,1H3. The first kappa shape index (κ1) is 14.2. The average Bonchev–Trinajstić information content (AvgIpc) is 2.30. The Bertz CT molecular complexity index is 500. The molecule has 0 N–H and O–H groups in total. The van der Waals surface area contributed by atoms with Crippen LogP contribution in [0.15, 0.2) is 12.1 Å². The quantitative estimate of drug-likeness (QED) is 0.793. The summed E-state index contributed by atoms with van der Waals surface area (Å²) in [6, 6.07) is 3.86. The van der Waals surface area contributed by atoms with Gasteiger partial charge in [0.25, 0.3) is 0 Å². The molecule has 0 aromatic heterocycles. The molecule has 0 heterocycles. The topological polar surface area (TPSA) is 59.3 Å². The number of nitriles is 1. The third kappa shape index (κ3) is 3.31. The van der Waals surface area contributed by atoms with Gasteiger partial charge >= 0.3 is 12.6 Å². The summed E-state index contributed by atoms with van der Waals surface area (Å²) in [6.45, 7) is -1.55. The Morgan fingerprint density at radius 1 is 1.56 bits per heavy atom. The SMILES string of the molecule is CCOC(=O)c1cc(Cl)cc(C#N)c1OC(F)F. The number of hydrogen-bond donors (Lipinski definition) is 0. The predicted molar refractivity (Wildman–Crippen MR) is 58.8 cm³/mol. The van der Waals surface area contributed by atoms with Crippen molar-refractivity contribution in [1.82, 2.24) is 0 Å². The van der Waals surface area contributed by atoms with Gasteiger partial charge in [0, 0.05) is 5.02 Å². The molecule has 0 unspecified atom stereocenters. The van der Waals surface area contributed by atoms with Crippen LogP contribution in [-0.4, -0.2) is 19.2 Å². The second-order valence-electron chi connectivity index (χ2n) is 3.04. The van der Waals surface area contributed by atoms with E-state index in [1.54, 1.807) is 13.0 Å². The molecule has 18 heavy (non-hydrogen) atoms. The molecule has 0 radical (unpaired) electrons. The molecule has 96 valence electrons. The summed E-state index contributed by atoms with van der Waals surface area (Å²) in [5.74, 6) is -1.41. The highest BCUT2D eigenvalue weighted by Gasteiger charge is 2.21. The lowest BCUT2D eigenvalue weighted by Crippen LogP contribution is -2.12. The Morgan fingerprint density at radius 2 is 2.22 bits per heavy atom. The van der Waals surface area contributed by atoms with Crippen molar-refractivity contribution >= 4 is 17.6 Å². The van der Waals surface area contributed by atoms with Crippen molar-refractivity contribution in [2.75, 3.05) is 6.61 Å². The number of rotatable bonds is 4. The maximum Gasteiger partial charge on any atom is 0.387 e. The molecule has 0 saturated carbocycles. The third-order valence-electron chi connectivity index (χ3n) is 1.88. The number of hydrogen-bond acceptors (Lipinski definition) is 4. The van der Waals surface area contributed by atoms with E-state index in [9.17, 15) is 13.6 Å². The average molecular weight is 276 g/mol. The number of esters is 1. The van der Waals surface area contributed by atoms with Crippen LogP contribution in [0, 0.1) is 11.3 Å². The molecule has 1 aromatic carbocycles. The largest absolute Gasteiger partial charge is 0.462 e. The van der Waals surface area contributed by atoms with E-state index in [1.165, 1.54) is 0 Å². The third-order valence-corrected chi connectivity index (χ3v) is 2.09. The smallest absolute Gasteiger partial charge is 0.387 e. The van der Waals surface area contributed by atoms with Crippen molar-refractivity contribution in [2.24, 2.45) is 0 Å². The zero-order valence-electron chi connectivity index (χ0n) is 9.25. The van der Waals surface area contributed by atoms with Gasteiger partial charge in [-0.3, -0.25) is 0 Å². The minimum atomic E-state index is -3.16. The summed E-state index contributed by atoms with van der Waals surface area (Å²) in [7, 11) is 0. The van der Waals surface area contributed by atoms with Gasteiger partial charge in [-0.15, -0.1) is 0 Å². The molecule has 0 fully saturated rings. The van der Waals surface area contributed by atoms with Crippen molar-refractivity contribution in [3.63, 3.8) is 0 Å². The van der Waals surface area contributed by atoms with Gasteiger partial charge in [0.1, 0.15) is 11.6 Å². The molecule has 0 saturated heterocycles. The number of ether oxygens (including phenoxy) is 2. The van der Waals surface area contributed by atoms with Crippen LogP contribution in [0.2, 0.25) is 5.02 Å². The van der Waals surface area contributed by atoms with Gasteiger partial charge in [0.2, 0.25) is 0 Å². The Hall–Kier alpha value is -1.87. The maximum atomic E-state index is 12.2. The van der Waals surface area contributed by atoms with E-state index < -0.39 is 18.3 Å². The summed E-state index contributed by atoms with van der Waals surface area (Å²) in [5, 5.41) is 8.86. The first-order valence-corrected chi connectivity index (χ1v) is 5.23. The van der Waals surface area contributed by atoms with Crippen LogP contribution < -0.4 is 4.74 Å². The second-order valence-corrected chi connectivity index (χ2v) is 3.48. The first-order valence-electron chi connectivity index (χ1n) is 4.85. The van der Waals surface area contributed by atoms with Gasteiger partial charge < -0.3 is 9.47 Å². The molecule has 1 rings (SSSR count). The molecule has 0 aliphatic carbocycles. The van der Waals surface area contributed by atoms with E-state index in [4.69, 9.17) is 16.9 Å². The van der Waals surface area contributed by atoms with Gasteiger partial charge in [-0.2, -0.15) is 14.0 Å². The van der Waals surface area contributed by atoms with Gasteiger partial charge in [-0.25, -0.2) is 4.79 Å². The highest BCUT2D eigenvalue weighted by molar-refractivity contribution is 6.31. The molecule has 0 aliphatic rings. The van der Waals surface area contributed by atoms with Crippen molar-refractivity contribution in [3.8, 4) is 11.8 Å². The fourth-order valence-corrected chi connectivity index (χ4v) is 1.47. The molecule has 0 atom stereocenters. The predicted octanol–water partition coefficient (Wildman–Crippen LogP) is 2.99. The number of halogens is 3. The number of nitrogens with zero attached hydrogens (tertiary/aromatic N) is 1. The Balaban J connectivity index is 3.33. The Kier molecular flexibility index (Phi) is 4.86. The zero-order chi connectivity index (χ0) is 13.7. The van der Waals surface area contributed by atoms with E-state index in [-0.39, 0.29) is 22.8 Å². The molecule has 0 amide bonds. The Morgan fingerprint density at radius 3 is 2.72 bits per heavy atom. The van der Waals surface area contributed by atoms with Crippen molar-refractivity contribution in [1.29, 1.82) is 5.26 Å². The number of carbonyl (C=O) groups is 1. The summed E-state index contributed by atoms with van der Waals surface area (Å²) in [5.41, 5.74) is -0.563. The van der Waals surface area contributed by atoms with E-state index in [0.29, 0.717) is 0 Å². The highest BCUT2D eigenvalue weighted by atomic mass is 35.5. The van der Waals surface area contributed by atoms with E-state index in [0.717, 1.165) is 12.1 Å². The van der Waals surface area contributed by atoms with Gasteiger partial charge in [0.15, 0.2) is 5.75 Å². The molecular weight excluding hydrogens is 268 g/mol. The van der Waals surface area contributed by atoms with Gasteiger partial charge in [-0.05, 0) is 19.1 Å². The normalized spacial score (nSPS) is 10.0. The summed E-state index contributed by atoms with van der Waals surface area (Å²) in [4.78, 5) is 11.6. The molecule has 0 aliphatic heterocycles. The summed E-state index contributed by atoms with van der Waals surface area (Å²) >= 11 is 5.68. The Labute approximate surface area is 107 Å². The maximum absolute atomic E-state index is 12.2. The highest BCUT2D eigenvalue weighted by Crippen LogP contribution is 2.30. The lowest BCUT2D eigenvalue weighted by molar-refractivity contribution is -0.0506. The molecule has 7 heteroatoms. The zero-order valence-corrected chi connectivity index (χ0v) is 10.0. The molecular formula is C11H8ClF2NO3. The first-order chi connectivity index (χ1) is 8.49. The van der Waals surface area contributed by atoms with E-state index in [1.807, 2.05) is 0 Å². The van der Waals surface area contributed by atoms with Crippen LogP contribution >= 0.6 is 11.6 Å². The van der Waals surface area contributed by atoms with Crippen LogP contribution in [-0.2, 0) is 4.74 Å². The van der Waals surface area contributed by atoms with Crippen LogP contribution in [0.1, 0.15) is 22.8 Å². The molecule has 1 aromatic rings. The van der Waals surface area contributed by atoms with Crippen LogP contribution in [0.4, 0.5) is 8.78 Å². The summed E-state index contributed by atoms with van der Waals surface area (Å²) in [6.07, 6.45) is 0. The van der Waals surface area contributed by atoms with Crippen molar-refractivity contribution in [3.05, 3.63) is 28.3 Å². The van der Waals surface area contributed by atoms with E-state index in [2.05, 4.69) is 9.47 Å². The second kappa shape index (κ2) is 6.17. The number of benzene rings is 1.